The fraction of sp³-hybridized carbons (Fsp3) is 0.375. The van der Waals surface area contributed by atoms with Crippen LogP contribution in [0.25, 0.3) is 11.3 Å². The highest BCUT2D eigenvalue weighted by Gasteiger charge is 2.31. The second kappa shape index (κ2) is 7.02. The van der Waals surface area contributed by atoms with E-state index in [-0.39, 0.29) is 12.2 Å². The van der Waals surface area contributed by atoms with Crippen LogP contribution >= 0.6 is 0 Å². The van der Waals surface area contributed by atoms with Gasteiger partial charge in [-0.1, -0.05) is 17.3 Å². The van der Waals surface area contributed by atoms with E-state index in [0.29, 0.717) is 17.0 Å². The van der Waals surface area contributed by atoms with Crippen LogP contribution in [0.15, 0.2) is 23.0 Å². The molecule has 3 heterocycles. The van der Waals surface area contributed by atoms with Gasteiger partial charge in [0.1, 0.15) is 11.4 Å². The molecule has 0 atom stereocenters. The Hall–Kier alpha value is -3.50. The zero-order valence-corrected chi connectivity index (χ0v) is 15.1. The van der Waals surface area contributed by atoms with Crippen molar-refractivity contribution in [3.05, 3.63) is 35.6 Å². The Bertz CT molecular complexity index is 969. The van der Waals surface area contributed by atoms with E-state index in [2.05, 4.69) is 31.0 Å². The van der Waals surface area contributed by atoms with E-state index in [4.69, 9.17) is 4.52 Å². The van der Waals surface area contributed by atoms with Crippen LogP contribution in [-0.4, -0.2) is 47.3 Å². The van der Waals surface area contributed by atoms with Crippen molar-refractivity contribution in [3.8, 4) is 11.3 Å². The molecule has 3 rings (SSSR count). The largest absolute Gasteiger partial charge is 0.479 e. The molecular formula is C16H19N7O4. The molecule has 0 aliphatic rings. The molecule has 1 amide bonds. The smallest absolute Gasteiger partial charge is 0.331 e. The summed E-state index contributed by atoms with van der Waals surface area (Å²) in [6, 6.07) is 1.77. The van der Waals surface area contributed by atoms with Crippen LogP contribution in [0, 0.1) is 0 Å². The van der Waals surface area contributed by atoms with E-state index in [1.54, 1.807) is 6.07 Å². The average molecular weight is 373 g/mol. The predicted octanol–water partition coefficient (Wildman–Crippen LogP) is 0.968. The van der Waals surface area contributed by atoms with Crippen molar-refractivity contribution in [2.24, 2.45) is 0 Å². The van der Waals surface area contributed by atoms with Crippen LogP contribution in [0.3, 0.4) is 0 Å². The lowest BCUT2D eigenvalue weighted by Gasteiger charge is -2.18. The monoisotopic (exact) mass is 373 g/mol. The van der Waals surface area contributed by atoms with E-state index in [9.17, 15) is 14.7 Å². The van der Waals surface area contributed by atoms with Crippen molar-refractivity contribution >= 4 is 11.9 Å². The van der Waals surface area contributed by atoms with Crippen LogP contribution in [0.2, 0.25) is 0 Å². The first-order valence-electron chi connectivity index (χ1n) is 8.25. The maximum absolute atomic E-state index is 12.5. The number of carboxylic acids is 1. The van der Waals surface area contributed by atoms with Gasteiger partial charge in [0.05, 0.1) is 30.2 Å². The number of nitrogens with one attached hydrogen (secondary N) is 2. The number of aromatic nitrogens is 6. The minimum absolute atomic E-state index is 0.170. The van der Waals surface area contributed by atoms with Gasteiger partial charge in [-0.05, 0) is 20.3 Å². The number of carbonyl (C=O) groups is 2. The summed E-state index contributed by atoms with van der Waals surface area (Å²) in [5, 5.41) is 30.2. The molecular weight excluding hydrogens is 354 g/mol. The molecule has 0 saturated heterocycles. The SMILES string of the molecule is CCc1cc(CNC(=O)c2[nH]ncc2-c2cn(C(C)(C)C(=O)O)nn2)on1. The number of hydrogen-bond donors (Lipinski definition) is 3. The van der Waals surface area contributed by atoms with Gasteiger partial charge in [-0.2, -0.15) is 5.10 Å². The molecule has 0 bridgehead atoms. The second-order valence-corrected chi connectivity index (χ2v) is 6.39. The number of aryl methyl sites for hydroxylation is 1. The summed E-state index contributed by atoms with van der Waals surface area (Å²) < 4.78 is 6.35. The summed E-state index contributed by atoms with van der Waals surface area (Å²) in [7, 11) is 0. The molecule has 11 heteroatoms. The summed E-state index contributed by atoms with van der Waals surface area (Å²) in [6.45, 7) is 5.12. The predicted molar refractivity (Wildman–Crippen MR) is 91.6 cm³/mol. The van der Waals surface area contributed by atoms with Crippen LogP contribution in [0.4, 0.5) is 0 Å². The first kappa shape index (κ1) is 18.3. The highest BCUT2D eigenvalue weighted by molar-refractivity contribution is 5.98. The lowest BCUT2D eigenvalue weighted by molar-refractivity contribution is -0.146. The van der Waals surface area contributed by atoms with E-state index in [1.165, 1.54) is 30.9 Å². The first-order valence-corrected chi connectivity index (χ1v) is 8.25. The molecule has 0 aliphatic heterocycles. The molecule has 3 N–H and O–H groups in total. The van der Waals surface area contributed by atoms with Crippen molar-refractivity contribution in [3.63, 3.8) is 0 Å². The number of aromatic amines is 1. The minimum Gasteiger partial charge on any atom is -0.479 e. The van der Waals surface area contributed by atoms with Crippen LogP contribution in [-0.2, 0) is 23.3 Å². The van der Waals surface area contributed by atoms with Gasteiger partial charge in [0.2, 0.25) is 0 Å². The molecule has 11 nitrogen and oxygen atoms in total. The second-order valence-electron chi connectivity index (χ2n) is 6.39. The third kappa shape index (κ3) is 3.57. The van der Waals surface area contributed by atoms with Gasteiger partial charge in [0.25, 0.3) is 5.91 Å². The van der Waals surface area contributed by atoms with E-state index >= 15 is 0 Å². The Kier molecular flexibility index (Phi) is 4.75. The van der Waals surface area contributed by atoms with Crippen LogP contribution in [0.1, 0.15) is 42.7 Å². The van der Waals surface area contributed by atoms with Gasteiger partial charge < -0.3 is 14.9 Å². The number of carboxylic acid groups (broad SMARTS) is 1. The first-order chi connectivity index (χ1) is 12.8. The molecule has 0 fully saturated rings. The van der Waals surface area contributed by atoms with Crippen molar-refractivity contribution < 1.29 is 19.2 Å². The van der Waals surface area contributed by atoms with Gasteiger partial charge in [0, 0.05) is 6.07 Å². The van der Waals surface area contributed by atoms with Gasteiger partial charge in [-0.25, -0.2) is 9.48 Å². The third-order valence-electron chi connectivity index (χ3n) is 4.13. The normalized spacial score (nSPS) is 11.5. The van der Waals surface area contributed by atoms with E-state index in [0.717, 1.165) is 12.1 Å². The lowest BCUT2D eigenvalue weighted by atomic mass is 10.1. The van der Waals surface area contributed by atoms with Crippen molar-refractivity contribution in [1.82, 2.24) is 35.7 Å². The fourth-order valence-electron chi connectivity index (χ4n) is 2.27. The molecule has 27 heavy (non-hydrogen) atoms. The Balaban J connectivity index is 1.76. The summed E-state index contributed by atoms with van der Waals surface area (Å²) in [4.78, 5) is 23.8. The average Bonchev–Trinajstić information content (AvgIpc) is 3.38. The summed E-state index contributed by atoms with van der Waals surface area (Å²) in [5.41, 5.74) is 0.452. The molecule has 0 aliphatic carbocycles. The number of H-pyrrole nitrogens is 1. The number of amides is 1. The molecule has 0 saturated carbocycles. The Labute approximate surface area is 153 Å². The standard InChI is InChI=1S/C16H19N7O4/c1-4-9-5-10(27-21-9)6-17-14(24)13-11(7-18-20-13)12-8-23(22-19-12)16(2,3)15(25)26/h5,7-8H,4,6H2,1-3H3,(H,17,24)(H,18,20)(H,25,26). The highest BCUT2D eigenvalue weighted by atomic mass is 16.5. The van der Waals surface area contributed by atoms with Gasteiger partial charge >= 0.3 is 5.97 Å². The quantitative estimate of drug-likeness (QED) is 0.554. The van der Waals surface area contributed by atoms with E-state index < -0.39 is 17.4 Å². The molecule has 0 unspecified atom stereocenters. The molecule has 142 valence electrons. The zero-order valence-electron chi connectivity index (χ0n) is 15.1. The maximum atomic E-state index is 12.5. The van der Waals surface area contributed by atoms with Crippen molar-refractivity contribution in [1.29, 1.82) is 0 Å². The van der Waals surface area contributed by atoms with Crippen LogP contribution < -0.4 is 5.32 Å². The number of carbonyl (C=O) groups excluding carboxylic acids is 1. The van der Waals surface area contributed by atoms with Crippen molar-refractivity contribution in [2.75, 3.05) is 0 Å². The number of aliphatic carboxylic acids is 1. The minimum atomic E-state index is -1.28. The van der Waals surface area contributed by atoms with Crippen LogP contribution in [0.5, 0.6) is 0 Å². The molecule has 0 radical (unpaired) electrons. The maximum Gasteiger partial charge on any atom is 0.331 e. The number of hydrogen-bond acceptors (Lipinski definition) is 7. The van der Waals surface area contributed by atoms with Gasteiger partial charge in [-0.15, -0.1) is 5.10 Å². The van der Waals surface area contributed by atoms with E-state index in [1.807, 2.05) is 6.92 Å². The Morgan fingerprint density at radius 2 is 2.19 bits per heavy atom. The number of rotatable bonds is 7. The van der Waals surface area contributed by atoms with Crippen molar-refractivity contribution in [2.45, 2.75) is 39.3 Å². The summed E-state index contributed by atoms with van der Waals surface area (Å²) in [5.74, 6) is -0.929. The zero-order chi connectivity index (χ0) is 19.6. The summed E-state index contributed by atoms with van der Waals surface area (Å²) >= 11 is 0. The lowest BCUT2D eigenvalue weighted by Crippen LogP contribution is -2.36. The van der Waals surface area contributed by atoms with Gasteiger partial charge in [-0.3, -0.25) is 9.89 Å². The Morgan fingerprint density at radius 3 is 2.85 bits per heavy atom. The topological polar surface area (TPSA) is 152 Å². The fourth-order valence-corrected chi connectivity index (χ4v) is 2.27. The Morgan fingerprint density at radius 1 is 1.41 bits per heavy atom. The van der Waals surface area contributed by atoms with Gasteiger partial charge in [0.15, 0.2) is 11.3 Å². The molecule has 0 spiro atoms. The molecule has 3 aromatic heterocycles. The highest BCUT2D eigenvalue weighted by Crippen LogP contribution is 2.22. The summed E-state index contributed by atoms with van der Waals surface area (Å²) in [6.07, 6.45) is 3.63. The number of nitrogens with zero attached hydrogens (tertiary/aromatic N) is 5. The molecule has 3 aromatic rings. The molecule has 0 aromatic carbocycles. The third-order valence-corrected chi connectivity index (χ3v) is 4.13.